The monoisotopic (exact) mass is 503 g/mol. The Labute approximate surface area is 209 Å². The van der Waals surface area contributed by atoms with Gasteiger partial charge < -0.3 is 10.1 Å². The quantitative estimate of drug-likeness (QED) is 0.302. The fourth-order valence-corrected chi connectivity index (χ4v) is 4.87. The molecule has 6 nitrogen and oxygen atoms in total. The van der Waals surface area contributed by atoms with Crippen molar-refractivity contribution in [3.05, 3.63) is 57.9 Å². The number of amides is 2. The third-order valence-corrected chi connectivity index (χ3v) is 6.78. The highest BCUT2D eigenvalue weighted by atomic mass is 19.2. The van der Waals surface area contributed by atoms with E-state index in [9.17, 15) is 22.8 Å². The maximum Gasteiger partial charge on any atom is 0.269 e. The van der Waals surface area contributed by atoms with E-state index in [0.29, 0.717) is 31.9 Å². The number of ether oxygens (including phenoxy) is 1. The van der Waals surface area contributed by atoms with Crippen molar-refractivity contribution in [1.82, 2.24) is 4.90 Å². The lowest BCUT2D eigenvalue weighted by molar-refractivity contribution is 0.0378. The summed E-state index contributed by atoms with van der Waals surface area (Å²) in [7, 11) is 0. The topological polar surface area (TPSA) is 61.9 Å². The van der Waals surface area contributed by atoms with E-state index < -0.39 is 46.1 Å². The molecule has 0 spiro atoms. The minimum absolute atomic E-state index is 0.0564. The first-order valence-corrected chi connectivity index (χ1v) is 12.4. The van der Waals surface area contributed by atoms with Gasteiger partial charge in [0, 0.05) is 19.6 Å². The zero-order valence-electron chi connectivity index (χ0n) is 21.1. The van der Waals surface area contributed by atoms with Crippen LogP contribution in [0.15, 0.2) is 18.2 Å². The van der Waals surface area contributed by atoms with Crippen molar-refractivity contribution < 1.29 is 27.5 Å². The van der Waals surface area contributed by atoms with Crippen LogP contribution in [-0.2, 0) is 4.74 Å². The molecule has 194 valence electrons. The number of nitrogens with zero attached hydrogens (tertiary/aromatic N) is 2. The molecular formula is C27H32F3N3O3. The van der Waals surface area contributed by atoms with E-state index in [-0.39, 0.29) is 18.4 Å². The molecular weight excluding hydrogens is 471 g/mol. The van der Waals surface area contributed by atoms with Gasteiger partial charge in [0.25, 0.3) is 11.8 Å². The van der Waals surface area contributed by atoms with Gasteiger partial charge in [-0.05, 0) is 35.9 Å². The fraction of sp³-hybridized carbons (Fsp3) is 0.481. The smallest absolute Gasteiger partial charge is 0.269 e. The number of fused-ring (bicyclic) bond motifs is 1. The molecule has 0 saturated carbocycles. The Morgan fingerprint density at radius 1 is 0.889 bits per heavy atom. The largest absolute Gasteiger partial charge is 0.382 e. The molecule has 1 fully saturated rings. The molecule has 1 saturated heterocycles. The predicted octanol–water partition coefficient (Wildman–Crippen LogP) is 5.29. The number of halogens is 3. The van der Waals surface area contributed by atoms with E-state index >= 15 is 0 Å². The summed E-state index contributed by atoms with van der Waals surface area (Å²) in [5.74, 6) is -6.87. The Morgan fingerprint density at radius 2 is 1.47 bits per heavy atom. The van der Waals surface area contributed by atoms with Gasteiger partial charge in [-0.3, -0.25) is 14.5 Å². The maximum atomic E-state index is 15.0. The molecule has 2 aliphatic rings. The van der Waals surface area contributed by atoms with E-state index in [4.69, 9.17) is 4.74 Å². The summed E-state index contributed by atoms with van der Waals surface area (Å²) in [5.41, 5.74) is 0.125. The highest BCUT2D eigenvalue weighted by molar-refractivity contribution is 6.36. The summed E-state index contributed by atoms with van der Waals surface area (Å²) in [4.78, 5) is 30.2. The van der Waals surface area contributed by atoms with Crippen molar-refractivity contribution in [3.8, 4) is 0 Å². The summed E-state index contributed by atoms with van der Waals surface area (Å²) < 4.78 is 49.8. The van der Waals surface area contributed by atoms with Crippen LogP contribution in [0.5, 0.6) is 0 Å². The van der Waals surface area contributed by atoms with Crippen LogP contribution in [0.4, 0.5) is 24.5 Å². The van der Waals surface area contributed by atoms with E-state index in [2.05, 4.69) is 10.2 Å². The summed E-state index contributed by atoms with van der Waals surface area (Å²) in [5, 5.41) is 2.78. The molecule has 2 aromatic carbocycles. The Morgan fingerprint density at radius 3 is 2.06 bits per heavy atom. The van der Waals surface area contributed by atoms with Crippen LogP contribution in [0.3, 0.4) is 0 Å². The molecule has 2 aromatic rings. The average molecular weight is 504 g/mol. The molecule has 36 heavy (non-hydrogen) atoms. The fourth-order valence-electron chi connectivity index (χ4n) is 4.87. The van der Waals surface area contributed by atoms with Gasteiger partial charge in [-0.2, -0.15) is 0 Å². The Hall–Kier alpha value is -2.91. The second-order valence-electron chi connectivity index (χ2n) is 9.84. The lowest BCUT2D eigenvalue weighted by atomic mass is 9.92. The molecule has 1 N–H and O–H groups in total. The standard InChI is InChI=1S/C27H32F3N3O3/c1-15(2)17-7-5-8-18(16(3)4)25(17)33-26(34)19-20(27(33)35)24(23(30)22(29)21(19)28)31-9-6-10-32-11-13-36-14-12-32/h5,7-8,15-16,31H,6,9-14H2,1-4H3. The number of nitrogens with one attached hydrogen (secondary N) is 1. The molecule has 0 atom stereocenters. The number of carbonyl (C=O) groups excluding carboxylic acids is 2. The van der Waals surface area contributed by atoms with Gasteiger partial charge in [-0.15, -0.1) is 0 Å². The second-order valence-corrected chi connectivity index (χ2v) is 9.84. The summed E-state index contributed by atoms with van der Waals surface area (Å²) in [6, 6.07) is 5.45. The van der Waals surface area contributed by atoms with Gasteiger partial charge >= 0.3 is 0 Å². The molecule has 2 aliphatic heterocycles. The van der Waals surface area contributed by atoms with Gasteiger partial charge in [0.15, 0.2) is 17.5 Å². The minimum atomic E-state index is -1.77. The molecule has 0 radical (unpaired) electrons. The van der Waals surface area contributed by atoms with Crippen LogP contribution >= 0.6 is 0 Å². The maximum absolute atomic E-state index is 15.0. The van der Waals surface area contributed by atoms with Gasteiger partial charge in [0.2, 0.25) is 0 Å². The molecule has 0 aromatic heterocycles. The number of morpholine rings is 1. The number of rotatable bonds is 8. The molecule has 2 amide bonds. The average Bonchev–Trinajstić information content (AvgIpc) is 3.11. The van der Waals surface area contributed by atoms with Gasteiger partial charge in [0.1, 0.15) is 0 Å². The number of imide groups is 1. The molecule has 0 bridgehead atoms. The summed E-state index contributed by atoms with van der Waals surface area (Å²) in [6.07, 6.45) is 0.576. The highest BCUT2D eigenvalue weighted by Gasteiger charge is 2.45. The van der Waals surface area contributed by atoms with E-state index in [1.165, 1.54) is 0 Å². The van der Waals surface area contributed by atoms with Crippen LogP contribution in [-0.4, -0.2) is 56.1 Å². The van der Waals surface area contributed by atoms with Crippen molar-refractivity contribution in [2.24, 2.45) is 0 Å². The lowest BCUT2D eigenvalue weighted by Crippen LogP contribution is -2.37. The second kappa shape index (κ2) is 10.6. The first-order valence-electron chi connectivity index (χ1n) is 12.4. The van der Waals surface area contributed by atoms with Crippen LogP contribution in [0.1, 0.15) is 77.8 Å². The zero-order chi connectivity index (χ0) is 26.1. The van der Waals surface area contributed by atoms with Crippen LogP contribution in [0.2, 0.25) is 0 Å². The van der Waals surface area contributed by atoms with E-state index in [1.54, 1.807) is 12.1 Å². The van der Waals surface area contributed by atoms with E-state index in [0.717, 1.165) is 29.1 Å². The van der Waals surface area contributed by atoms with Crippen LogP contribution in [0.25, 0.3) is 0 Å². The third-order valence-electron chi connectivity index (χ3n) is 6.78. The van der Waals surface area contributed by atoms with Crippen molar-refractivity contribution in [3.63, 3.8) is 0 Å². The normalized spacial score (nSPS) is 16.4. The molecule has 0 aliphatic carbocycles. The number of carbonyl (C=O) groups is 2. The van der Waals surface area contributed by atoms with Crippen molar-refractivity contribution in [2.45, 2.75) is 46.0 Å². The van der Waals surface area contributed by atoms with Gasteiger partial charge in [0.05, 0.1) is 35.7 Å². The van der Waals surface area contributed by atoms with Crippen LogP contribution in [0, 0.1) is 17.5 Å². The summed E-state index contributed by atoms with van der Waals surface area (Å²) in [6.45, 7) is 11.4. The number of hydrogen-bond donors (Lipinski definition) is 1. The minimum Gasteiger partial charge on any atom is -0.382 e. The summed E-state index contributed by atoms with van der Waals surface area (Å²) >= 11 is 0. The third kappa shape index (κ3) is 4.62. The number of anilines is 2. The van der Waals surface area contributed by atoms with Gasteiger partial charge in [-0.25, -0.2) is 18.1 Å². The van der Waals surface area contributed by atoms with Gasteiger partial charge in [-0.1, -0.05) is 45.9 Å². The van der Waals surface area contributed by atoms with E-state index in [1.807, 2.05) is 33.8 Å². The zero-order valence-corrected chi connectivity index (χ0v) is 21.1. The first kappa shape index (κ1) is 26.2. The lowest BCUT2D eigenvalue weighted by Gasteiger charge is -2.26. The Bertz CT molecular complexity index is 1150. The highest BCUT2D eigenvalue weighted by Crippen LogP contribution is 2.42. The Kier molecular flexibility index (Phi) is 7.70. The number of hydrogen-bond acceptors (Lipinski definition) is 5. The van der Waals surface area contributed by atoms with Crippen molar-refractivity contribution in [2.75, 3.05) is 49.6 Å². The molecule has 9 heteroatoms. The van der Waals surface area contributed by atoms with Crippen LogP contribution < -0.4 is 10.2 Å². The Balaban J connectivity index is 1.71. The molecule has 4 rings (SSSR count). The van der Waals surface area contributed by atoms with Crippen molar-refractivity contribution in [1.29, 1.82) is 0 Å². The number of benzene rings is 2. The predicted molar refractivity (Wildman–Crippen MR) is 132 cm³/mol. The molecule has 0 unspecified atom stereocenters. The first-order chi connectivity index (χ1) is 17.1. The SMILES string of the molecule is CC(C)c1cccc(C(C)C)c1N1C(=O)c2c(F)c(F)c(F)c(NCCCN3CCOCC3)c2C1=O. The van der Waals surface area contributed by atoms with Crippen molar-refractivity contribution >= 4 is 23.2 Å². The molecule has 2 heterocycles. The number of para-hydroxylation sites is 1.